The van der Waals surface area contributed by atoms with Crippen LogP contribution in [0, 0.1) is 13.8 Å². The fourth-order valence-corrected chi connectivity index (χ4v) is 11.4. The maximum absolute atomic E-state index is 5.02. The van der Waals surface area contributed by atoms with Gasteiger partial charge in [0.05, 0.1) is 61.2 Å². The average Bonchev–Trinajstić information content (AvgIpc) is 4.09. The van der Waals surface area contributed by atoms with Gasteiger partial charge in [-0.05, 0) is 116 Å². The summed E-state index contributed by atoms with van der Waals surface area (Å²) in [6.45, 7) is 4.54. The minimum Gasteiger partial charge on any atom is -0.309 e. The molecule has 0 bridgehead atoms. The smallest absolute Gasteiger partial charge is 0.0708 e. The molecule has 0 saturated carbocycles. The molecule has 0 aliphatic heterocycles. The molecule has 310 valence electrons. The van der Waals surface area contributed by atoms with Crippen LogP contribution in [0.2, 0.25) is 0 Å². The van der Waals surface area contributed by atoms with E-state index < -0.39 is 0 Å². The van der Waals surface area contributed by atoms with Gasteiger partial charge in [-0.1, -0.05) is 115 Å². The highest BCUT2D eigenvalue weighted by molar-refractivity contribution is 6.14. The van der Waals surface area contributed by atoms with Crippen LogP contribution in [0.5, 0.6) is 0 Å². The Morgan fingerprint density at radius 3 is 0.970 bits per heavy atom. The van der Waals surface area contributed by atoms with E-state index >= 15 is 0 Å². The molecule has 5 heteroatoms. The van der Waals surface area contributed by atoms with Crippen LogP contribution in [-0.2, 0) is 0 Å². The van der Waals surface area contributed by atoms with Crippen LogP contribution in [0.25, 0.3) is 121 Å². The number of benzene rings is 9. The molecule has 0 amide bonds. The largest absolute Gasteiger partial charge is 0.309 e. The molecule has 0 atom stereocenters. The van der Waals surface area contributed by atoms with Crippen LogP contribution in [-0.4, -0.2) is 23.3 Å². The molecule has 14 aromatic rings. The molecule has 5 heterocycles. The summed E-state index contributed by atoms with van der Waals surface area (Å²) >= 11 is 0. The minimum atomic E-state index is 0.958. The third-order valence-electron chi connectivity index (χ3n) is 14.2. The second-order valence-corrected chi connectivity index (χ2v) is 17.6. The number of nitrogens with zero attached hydrogens (tertiary/aromatic N) is 5. The van der Waals surface area contributed by atoms with Crippen molar-refractivity contribution in [3.05, 3.63) is 224 Å². The molecule has 0 unspecified atom stereocenters. The van der Waals surface area contributed by atoms with Gasteiger partial charge < -0.3 is 18.3 Å². The summed E-state index contributed by atoms with van der Waals surface area (Å²) in [5.41, 5.74) is 18.4. The normalized spacial score (nSPS) is 12.1. The van der Waals surface area contributed by atoms with Gasteiger partial charge >= 0.3 is 0 Å². The zero-order valence-corrected chi connectivity index (χ0v) is 36.4. The van der Waals surface area contributed by atoms with E-state index in [1.807, 2.05) is 12.3 Å². The van der Waals surface area contributed by atoms with Crippen molar-refractivity contribution in [3.8, 4) is 34.0 Å². The monoisotopic (exact) mass is 843 g/mol. The van der Waals surface area contributed by atoms with Gasteiger partial charge in [-0.25, -0.2) is 0 Å². The SMILES string of the molecule is Cc1c(-n2c3ccccc3c3cc(-n4c5ccccc5c5ccccc54)ccc32)cc(-n2c3ccccc3c3cc(-n4c5ccccc5c5ccccc54)ccc32)c(C)c1-c1ccccn1. The van der Waals surface area contributed by atoms with Crippen molar-refractivity contribution < 1.29 is 0 Å². The van der Waals surface area contributed by atoms with Gasteiger partial charge in [0.25, 0.3) is 0 Å². The van der Waals surface area contributed by atoms with E-state index in [1.54, 1.807) is 0 Å². The molecule has 5 nitrogen and oxygen atoms in total. The fraction of sp³-hybridized carbons (Fsp3) is 0.0328. The second kappa shape index (κ2) is 13.9. The number of aromatic nitrogens is 5. The summed E-state index contributed by atoms with van der Waals surface area (Å²) in [5.74, 6) is 0. The Morgan fingerprint density at radius 1 is 0.288 bits per heavy atom. The Hall–Kier alpha value is -8.67. The second-order valence-electron chi connectivity index (χ2n) is 17.6. The van der Waals surface area contributed by atoms with E-state index in [-0.39, 0.29) is 0 Å². The number of fused-ring (bicyclic) bond motifs is 12. The number of hydrogen-bond acceptors (Lipinski definition) is 1. The quantitative estimate of drug-likeness (QED) is 0.170. The van der Waals surface area contributed by atoms with E-state index in [2.05, 4.69) is 232 Å². The molecule has 0 aliphatic rings. The van der Waals surface area contributed by atoms with Crippen LogP contribution in [0.3, 0.4) is 0 Å². The van der Waals surface area contributed by atoms with Gasteiger partial charge in [-0.15, -0.1) is 0 Å². The molecule has 0 fully saturated rings. The molecule has 0 N–H and O–H groups in total. The van der Waals surface area contributed by atoms with Crippen molar-refractivity contribution in [1.29, 1.82) is 0 Å². The van der Waals surface area contributed by atoms with E-state index in [1.165, 1.54) is 76.3 Å². The van der Waals surface area contributed by atoms with Crippen molar-refractivity contribution >= 4 is 87.2 Å². The zero-order chi connectivity index (χ0) is 43.6. The van der Waals surface area contributed by atoms with Crippen LogP contribution in [0.1, 0.15) is 11.1 Å². The van der Waals surface area contributed by atoms with Crippen molar-refractivity contribution in [2.24, 2.45) is 0 Å². The van der Waals surface area contributed by atoms with Gasteiger partial charge in [0.2, 0.25) is 0 Å². The predicted octanol–water partition coefficient (Wildman–Crippen LogP) is 15.8. The predicted molar refractivity (Wildman–Crippen MR) is 277 cm³/mol. The van der Waals surface area contributed by atoms with Crippen molar-refractivity contribution in [2.45, 2.75) is 13.8 Å². The lowest BCUT2D eigenvalue weighted by Gasteiger charge is -2.22. The summed E-state index contributed by atoms with van der Waals surface area (Å²) in [7, 11) is 0. The molecule has 0 saturated heterocycles. The first-order chi connectivity index (χ1) is 32.6. The average molecular weight is 844 g/mol. The number of pyridine rings is 1. The van der Waals surface area contributed by atoms with Crippen LogP contribution >= 0.6 is 0 Å². The first kappa shape index (κ1) is 36.8. The number of para-hydroxylation sites is 6. The third kappa shape index (κ3) is 5.08. The van der Waals surface area contributed by atoms with Crippen LogP contribution in [0.15, 0.2) is 212 Å². The summed E-state index contributed by atoms with van der Waals surface area (Å²) in [5, 5.41) is 9.88. The third-order valence-corrected chi connectivity index (χ3v) is 14.2. The van der Waals surface area contributed by atoms with Gasteiger partial charge in [-0.2, -0.15) is 0 Å². The lowest BCUT2D eigenvalue weighted by atomic mass is 9.95. The lowest BCUT2D eigenvalue weighted by Crippen LogP contribution is -2.07. The molecular weight excluding hydrogens is 803 g/mol. The Balaban J connectivity index is 1.04. The molecule has 9 aromatic carbocycles. The van der Waals surface area contributed by atoms with Gasteiger partial charge in [0.15, 0.2) is 0 Å². The number of hydrogen-bond donors (Lipinski definition) is 0. The maximum Gasteiger partial charge on any atom is 0.0708 e. The van der Waals surface area contributed by atoms with Gasteiger partial charge in [-0.3, -0.25) is 4.98 Å². The van der Waals surface area contributed by atoms with E-state index in [9.17, 15) is 0 Å². The molecule has 66 heavy (non-hydrogen) atoms. The highest BCUT2D eigenvalue weighted by Crippen LogP contribution is 2.44. The summed E-state index contributed by atoms with van der Waals surface area (Å²) < 4.78 is 9.80. The lowest BCUT2D eigenvalue weighted by molar-refractivity contribution is 1.09. The minimum absolute atomic E-state index is 0.958. The van der Waals surface area contributed by atoms with E-state index in [4.69, 9.17) is 4.98 Å². The van der Waals surface area contributed by atoms with Crippen LogP contribution in [0.4, 0.5) is 0 Å². The first-order valence-electron chi connectivity index (χ1n) is 22.7. The van der Waals surface area contributed by atoms with Crippen molar-refractivity contribution in [1.82, 2.24) is 23.3 Å². The molecule has 0 radical (unpaired) electrons. The number of rotatable bonds is 5. The maximum atomic E-state index is 5.02. The van der Waals surface area contributed by atoms with Crippen molar-refractivity contribution in [3.63, 3.8) is 0 Å². The molecule has 0 spiro atoms. The standard InChI is InChI=1S/C61H41N5/c1-38-59(65-55-28-13-7-21-46(55)48-35-40(30-32-57(48)65)63-51-24-9-3-17-42(51)43-18-4-10-25-52(43)63)37-60(39(2)61(38)50-23-15-16-34-62-50)66-56-29-14-8-22-47(56)49-36-41(31-33-58(49)66)64-53-26-11-5-19-44(53)45-20-6-12-27-54(45)64/h3-37H,1-2H3. The Bertz CT molecular complexity index is 3950. The highest BCUT2D eigenvalue weighted by Gasteiger charge is 2.24. The van der Waals surface area contributed by atoms with Gasteiger partial charge in [0, 0.05) is 66.2 Å². The van der Waals surface area contributed by atoms with Crippen LogP contribution < -0.4 is 0 Å². The molecular formula is C61H41N5. The van der Waals surface area contributed by atoms with E-state index in [0.717, 1.165) is 56.1 Å². The topological polar surface area (TPSA) is 32.6 Å². The molecule has 5 aromatic heterocycles. The summed E-state index contributed by atoms with van der Waals surface area (Å²) in [6, 6.07) is 75.4. The fourth-order valence-electron chi connectivity index (χ4n) is 11.4. The van der Waals surface area contributed by atoms with Gasteiger partial charge in [0.1, 0.15) is 0 Å². The highest BCUT2D eigenvalue weighted by atomic mass is 15.0. The zero-order valence-electron chi connectivity index (χ0n) is 36.4. The summed E-state index contributed by atoms with van der Waals surface area (Å²) in [6.07, 6.45) is 1.91. The molecule has 14 rings (SSSR count). The first-order valence-corrected chi connectivity index (χ1v) is 22.7. The molecule has 0 aliphatic carbocycles. The van der Waals surface area contributed by atoms with Crippen molar-refractivity contribution in [2.75, 3.05) is 0 Å². The Labute approximate surface area is 380 Å². The summed E-state index contributed by atoms with van der Waals surface area (Å²) in [4.78, 5) is 5.02. The Morgan fingerprint density at radius 2 is 0.606 bits per heavy atom. The Kier molecular flexibility index (Phi) is 7.75. The van der Waals surface area contributed by atoms with E-state index in [0.29, 0.717) is 0 Å².